The molecule has 4 nitrogen and oxygen atoms in total. The fraction of sp³-hybridized carbons (Fsp3) is 0.300. The predicted molar refractivity (Wildman–Crippen MR) is 58.6 cm³/mol. The summed E-state index contributed by atoms with van der Waals surface area (Å²) in [6, 6.07) is 4.33. The number of amides is 1. The molecule has 0 radical (unpaired) electrons. The molecule has 0 aliphatic rings. The maximum Gasteiger partial charge on any atom is 0.255 e. The second-order valence-corrected chi connectivity index (χ2v) is 3.41. The van der Waals surface area contributed by atoms with Crippen molar-refractivity contribution >= 4 is 17.3 Å². The van der Waals surface area contributed by atoms with Gasteiger partial charge in [0.2, 0.25) is 5.91 Å². The van der Waals surface area contributed by atoms with E-state index in [1.54, 1.807) is 0 Å². The first kappa shape index (κ1) is 12.2. The van der Waals surface area contributed by atoms with Crippen LogP contribution in [0.25, 0.3) is 0 Å². The number of nitrogen functional groups attached to an aromatic ring is 1. The van der Waals surface area contributed by atoms with E-state index in [0.29, 0.717) is 11.4 Å². The third-order valence-corrected chi connectivity index (χ3v) is 2.14. The van der Waals surface area contributed by atoms with E-state index in [4.69, 9.17) is 11.5 Å². The van der Waals surface area contributed by atoms with Crippen LogP contribution in [0, 0.1) is 0 Å². The lowest BCUT2D eigenvalue weighted by Gasteiger charge is -2.20. The van der Waals surface area contributed by atoms with E-state index in [9.17, 15) is 13.6 Å². The predicted octanol–water partition coefficient (Wildman–Crippen LogP) is 1.07. The highest BCUT2D eigenvalue weighted by molar-refractivity contribution is 5.95. The van der Waals surface area contributed by atoms with Crippen molar-refractivity contribution in [1.82, 2.24) is 0 Å². The molecule has 0 spiro atoms. The second-order valence-electron chi connectivity index (χ2n) is 3.41. The van der Waals surface area contributed by atoms with Crippen molar-refractivity contribution in [3.63, 3.8) is 0 Å². The molecule has 0 aliphatic carbocycles. The van der Waals surface area contributed by atoms with Crippen LogP contribution in [-0.2, 0) is 0 Å². The summed E-state index contributed by atoms with van der Waals surface area (Å²) in [5.74, 6) is -0.619. The zero-order valence-corrected chi connectivity index (χ0v) is 8.78. The van der Waals surface area contributed by atoms with Crippen molar-refractivity contribution in [3.05, 3.63) is 23.8 Å². The summed E-state index contributed by atoms with van der Waals surface area (Å²) in [5, 5.41) is 0. The third-order valence-electron chi connectivity index (χ3n) is 2.14. The Kier molecular flexibility index (Phi) is 3.65. The fourth-order valence-corrected chi connectivity index (χ4v) is 1.33. The van der Waals surface area contributed by atoms with Crippen molar-refractivity contribution in [3.8, 4) is 0 Å². The summed E-state index contributed by atoms with van der Waals surface area (Å²) in [5.41, 5.74) is 11.7. The molecule has 0 saturated heterocycles. The van der Waals surface area contributed by atoms with Gasteiger partial charge in [-0.25, -0.2) is 8.78 Å². The highest BCUT2D eigenvalue weighted by atomic mass is 19.3. The Morgan fingerprint density at radius 3 is 2.62 bits per heavy atom. The number of primary amides is 1. The molecular weight excluding hydrogens is 216 g/mol. The van der Waals surface area contributed by atoms with E-state index in [-0.39, 0.29) is 5.56 Å². The molecule has 0 bridgehead atoms. The van der Waals surface area contributed by atoms with E-state index >= 15 is 0 Å². The molecule has 0 unspecified atom stereocenters. The number of halogens is 2. The first-order valence-corrected chi connectivity index (χ1v) is 4.60. The average Bonchev–Trinajstić information content (AvgIpc) is 2.16. The Hall–Kier alpha value is -1.85. The van der Waals surface area contributed by atoms with Crippen molar-refractivity contribution in [1.29, 1.82) is 0 Å². The van der Waals surface area contributed by atoms with Crippen LogP contribution in [0.5, 0.6) is 0 Å². The van der Waals surface area contributed by atoms with Gasteiger partial charge in [0.15, 0.2) is 0 Å². The van der Waals surface area contributed by atoms with E-state index in [0.717, 1.165) is 0 Å². The van der Waals surface area contributed by atoms with E-state index < -0.39 is 18.9 Å². The molecule has 0 aromatic heterocycles. The van der Waals surface area contributed by atoms with Crippen molar-refractivity contribution in [2.24, 2.45) is 5.73 Å². The second kappa shape index (κ2) is 4.78. The van der Waals surface area contributed by atoms with Crippen LogP contribution in [0.4, 0.5) is 20.2 Å². The monoisotopic (exact) mass is 229 g/mol. The summed E-state index contributed by atoms with van der Waals surface area (Å²) in [6.07, 6.45) is -2.47. The molecule has 16 heavy (non-hydrogen) atoms. The lowest BCUT2D eigenvalue weighted by Crippen LogP contribution is -2.25. The number of anilines is 2. The van der Waals surface area contributed by atoms with Gasteiger partial charge in [0, 0.05) is 12.6 Å². The number of hydrogen-bond acceptors (Lipinski definition) is 3. The average molecular weight is 229 g/mol. The zero-order chi connectivity index (χ0) is 12.3. The van der Waals surface area contributed by atoms with Crippen LogP contribution in [0.15, 0.2) is 18.2 Å². The minimum atomic E-state index is -2.47. The molecule has 1 aromatic carbocycles. The number of alkyl halides is 2. The summed E-state index contributed by atoms with van der Waals surface area (Å²) in [4.78, 5) is 12.2. The molecule has 88 valence electrons. The van der Waals surface area contributed by atoms with Crippen LogP contribution in [0.2, 0.25) is 0 Å². The molecule has 6 heteroatoms. The van der Waals surface area contributed by atoms with Gasteiger partial charge in [0.25, 0.3) is 6.43 Å². The lowest BCUT2D eigenvalue weighted by atomic mass is 10.1. The Labute approximate surface area is 91.8 Å². The van der Waals surface area contributed by atoms with Crippen molar-refractivity contribution in [2.75, 3.05) is 24.2 Å². The summed E-state index contributed by atoms with van der Waals surface area (Å²) >= 11 is 0. The van der Waals surface area contributed by atoms with Crippen LogP contribution in [-0.4, -0.2) is 25.9 Å². The van der Waals surface area contributed by atoms with Gasteiger partial charge in [0.1, 0.15) is 0 Å². The number of hydrogen-bond donors (Lipinski definition) is 2. The van der Waals surface area contributed by atoms with Crippen LogP contribution >= 0.6 is 0 Å². The largest absolute Gasteiger partial charge is 0.397 e. The van der Waals surface area contributed by atoms with Crippen molar-refractivity contribution < 1.29 is 13.6 Å². The van der Waals surface area contributed by atoms with Crippen LogP contribution < -0.4 is 16.4 Å². The molecule has 1 rings (SSSR count). The minimum Gasteiger partial charge on any atom is -0.397 e. The van der Waals surface area contributed by atoms with Gasteiger partial charge in [-0.1, -0.05) is 0 Å². The number of carbonyl (C=O) groups excluding carboxylic acids is 1. The number of nitrogens with zero attached hydrogens (tertiary/aromatic N) is 1. The van der Waals surface area contributed by atoms with Gasteiger partial charge in [-0.2, -0.15) is 0 Å². The van der Waals surface area contributed by atoms with Gasteiger partial charge in [-0.15, -0.1) is 0 Å². The molecule has 0 atom stereocenters. The minimum absolute atomic E-state index is 0.241. The zero-order valence-electron chi connectivity index (χ0n) is 8.78. The van der Waals surface area contributed by atoms with Crippen molar-refractivity contribution in [2.45, 2.75) is 6.43 Å². The SMILES string of the molecule is CN(CC(F)F)c1cc(C(N)=O)ccc1N. The van der Waals surface area contributed by atoms with Crippen LogP contribution in [0.1, 0.15) is 10.4 Å². The smallest absolute Gasteiger partial charge is 0.255 e. The Morgan fingerprint density at radius 2 is 2.12 bits per heavy atom. The topological polar surface area (TPSA) is 72.3 Å². The first-order chi connectivity index (χ1) is 7.41. The van der Waals surface area contributed by atoms with Crippen LogP contribution in [0.3, 0.4) is 0 Å². The Bertz CT molecular complexity index is 396. The first-order valence-electron chi connectivity index (χ1n) is 4.60. The van der Waals surface area contributed by atoms with E-state index in [2.05, 4.69) is 0 Å². The maximum absolute atomic E-state index is 12.2. The molecule has 0 heterocycles. The number of carbonyl (C=O) groups is 1. The van der Waals surface area contributed by atoms with Gasteiger partial charge in [-0.05, 0) is 18.2 Å². The number of rotatable bonds is 4. The molecule has 0 aliphatic heterocycles. The Morgan fingerprint density at radius 1 is 1.50 bits per heavy atom. The van der Waals surface area contributed by atoms with Gasteiger partial charge in [0.05, 0.1) is 17.9 Å². The summed E-state index contributed by atoms with van der Waals surface area (Å²) in [6.45, 7) is -0.452. The van der Waals surface area contributed by atoms with Gasteiger partial charge in [-0.3, -0.25) is 4.79 Å². The highest BCUT2D eigenvalue weighted by Crippen LogP contribution is 2.23. The molecular formula is C10H13F2N3O. The molecule has 4 N–H and O–H groups in total. The van der Waals surface area contributed by atoms with E-state index in [1.165, 1.54) is 30.1 Å². The molecule has 1 amide bonds. The molecule has 1 aromatic rings. The quantitative estimate of drug-likeness (QED) is 0.758. The number of benzene rings is 1. The summed E-state index contributed by atoms with van der Waals surface area (Å²) in [7, 11) is 1.47. The van der Waals surface area contributed by atoms with E-state index in [1.807, 2.05) is 0 Å². The maximum atomic E-state index is 12.2. The molecule has 0 saturated carbocycles. The highest BCUT2D eigenvalue weighted by Gasteiger charge is 2.12. The standard InChI is InChI=1S/C10H13F2N3O/c1-15(5-9(11)12)8-4-6(10(14)16)2-3-7(8)13/h2-4,9H,5,13H2,1H3,(H2,14,16). The van der Waals surface area contributed by atoms with Gasteiger partial charge < -0.3 is 16.4 Å². The fourth-order valence-electron chi connectivity index (χ4n) is 1.33. The summed E-state index contributed by atoms with van der Waals surface area (Å²) < 4.78 is 24.4. The molecule has 0 fully saturated rings. The third kappa shape index (κ3) is 2.82. The lowest BCUT2D eigenvalue weighted by molar-refractivity contribution is 0.100. The Balaban J connectivity index is 3.02. The van der Waals surface area contributed by atoms with Gasteiger partial charge >= 0.3 is 0 Å². The normalized spacial score (nSPS) is 10.5. The number of nitrogens with two attached hydrogens (primary N) is 2.